The van der Waals surface area contributed by atoms with Crippen molar-refractivity contribution >= 4 is 17.8 Å². The van der Waals surface area contributed by atoms with E-state index in [0.29, 0.717) is 52.4 Å². The highest BCUT2D eigenvalue weighted by atomic mass is 16.4. The van der Waals surface area contributed by atoms with Crippen LogP contribution in [0.2, 0.25) is 0 Å². The predicted octanol–water partition coefficient (Wildman–Crippen LogP) is -2.45. The number of amides is 1. The van der Waals surface area contributed by atoms with Gasteiger partial charge in [0.2, 0.25) is 5.91 Å². The first-order valence-corrected chi connectivity index (χ1v) is 9.58. The highest BCUT2D eigenvalue weighted by molar-refractivity contribution is 5.78. The Morgan fingerprint density at radius 3 is 1.79 bits per heavy atom. The van der Waals surface area contributed by atoms with Crippen molar-refractivity contribution in [2.45, 2.75) is 12.5 Å². The van der Waals surface area contributed by atoms with Crippen LogP contribution in [-0.2, 0) is 14.4 Å². The van der Waals surface area contributed by atoms with E-state index in [-0.39, 0.29) is 32.0 Å². The van der Waals surface area contributed by atoms with E-state index < -0.39 is 18.0 Å². The van der Waals surface area contributed by atoms with Crippen LogP contribution in [0.4, 0.5) is 0 Å². The Bertz CT molecular complexity index is 535. The molecule has 1 aliphatic rings. The fourth-order valence-electron chi connectivity index (χ4n) is 2.78. The van der Waals surface area contributed by atoms with Crippen molar-refractivity contribution in [1.29, 1.82) is 0 Å². The Labute approximate surface area is 172 Å². The number of carboxylic acid groups (broad SMARTS) is 2. The normalized spacial score (nSPS) is 20.4. The first kappa shape index (κ1) is 25.2. The molecule has 29 heavy (non-hydrogen) atoms. The minimum Gasteiger partial charge on any atom is -0.480 e. The summed E-state index contributed by atoms with van der Waals surface area (Å²) in [6, 6.07) is -1.02. The van der Waals surface area contributed by atoms with E-state index in [4.69, 9.17) is 30.0 Å². The van der Waals surface area contributed by atoms with Gasteiger partial charge in [-0.3, -0.25) is 34.0 Å². The van der Waals surface area contributed by atoms with Gasteiger partial charge in [-0.05, 0) is 6.42 Å². The smallest absolute Gasteiger partial charge is 0.320 e. The number of carboxylic acids is 2. The summed E-state index contributed by atoms with van der Waals surface area (Å²) in [5, 5.41) is 20.5. The molecule has 1 aliphatic heterocycles. The molecule has 1 fully saturated rings. The van der Waals surface area contributed by atoms with Crippen molar-refractivity contribution in [1.82, 2.24) is 24.9 Å². The summed E-state index contributed by atoms with van der Waals surface area (Å²) < 4.78 is 0. The largest absolute Gasteiger partial charge is 0.480 e. The van der Waals surface area contributed by atoms with Crippen molar-refractivity contribution in [3.63, 3.8) is 0 Å². The lowest BCUT2D eigenvalue weighted by atomic mass is 10.2. The second-order valence-corrected chi connectivity index (χ2v) is 7.10. The highest BCUT2D eigenvalue weighted by Gasteiger charge is 2.18. The molecule has 0 spiro atoms. The molecular formula is C18H32N6O5. The van der Waals surface area contributed by atoms with Crippen molar-refractivity contribution in [2.24, 2.45) is 5.73 Å². The third kappa shape index (κ3) is 11.7. The van der Waals surface area contributed by atoms with Gasteiger partial charge in [0.05, 0.1) is 13.1 Å². The lowest BCUT2D eigenvalue weighted by molar-refractivity contribution is -0.139. The molecular weight excluding hydrogens is 380 g/mol. The molecule has 0 unspecified atom stereocenters. The molecule has 164 valence electrons. The van der Waals surface area contributed by atoms with Gasteiger partial charge in [-0.1, -0.05) is 0 Å². The van der Waals surface area contributed by atoms with Crippen LogP contribution in [0, 0.1) is 14.1 Å². The minimum atomic E-state index is -1.11. The average molecular weight is 412 g/mol. The summed E-state index contributed by atoms with van der Waals surface area (Å²) in [6.45, 7) is 4.21. The maximum absolute atomic E-state index is 12.2. The number of carbonyl (C=O) groups excluding carboxylic acids is 1. The number of carbonyl (C=O) groups is 3. The number of nitrogens with zero attached hydrogens (tertiary/aromatic N) is 4. The average Bonchev–Trinajstić information content (AvgIpc) is 2.64. The van der Waals surface area contributed by atoms with Gasteiger partial charge in [-0.25, -0.2) is 0 Å². The van der Waals surface area contributed by atoms with Gasteiger partial charge in [-0.15, -0.1) is 0 Å². The van der Waals surface area contributed by atoms with Crippen LogP contribution in [0.5, 0.6) is 0 Å². The predicted molar refractivity (Wildman–Crippen MR) is 105 cm³/mol. The maximum Gasteiger partial charge on any atom is 0.320 e. The molecule has 0 aromatic heterocycles. The van der Waals surface area contributed by atoms with Gasteiger partial charge in [0.15, 0.2) is 0 Å². The van der Waals surface area contributed by atoms with Crippen LogP contribution < -0.4 is 11.1 Å². The van der Waals surface area contributed by atoms with Crippen LogP contribution in [0.3, 0.4) is 0 Å². The Hall–Kier alpha value is -1.79. The first-order valence-electron chi connectivity index (χ1n) is 9.58. The van der Waals surface area contributed by atoms with Crippen molar-refractivity contribution in [2.75, 3.05) is 72.0 Å². The summed E-state index contributed by atoms with van der Waals surface area (Å²) >= 11 is 0. The summed E-state index contributed by atoms with van der Waals surface area (Å²) in [5.74, 6) is -2.29. The summed E-state index contributed by atoms with van der Waals surface area (Å²) in [7, 11) is 11.9. The van der Waals surface area contributed by atoms with Crippen LogP contribution in [-0.4, -0.2) is 126 Å². The lowest BCUT2D eigenvalue weighted by Crippen LogP contribution is -2.47. The quantitative estimate of drug-likeness (QED) is 0.339. The molecule has 1 saturated heterocycles. The fraction of sp³-hybridized carbons (Fsp3) is 0.722. The summed E-state index contributed by atoms with van der Waals surface area (Å²) in [6.07, 6.45) is 0.139. The van der Waals surface area contributed by atoms with Crippen LogP contribution in [0.25, 0.3) is 0 Å². The van der Waals surface area contributed by atoms with Gasteiger partial charge in [0, 0.05) is 73.0 Å². The van der Waals surface area contributed by atoms with Crippen molar-refractivity contribution in [3.05, 3.63) is 14.1 Å². The molecule has 0 aromatic rings. The summed E-state index contributed by atoms with van der Waals surface area (Å²) in [5.41, 5.74) is 5.42. The summed E-state index contributed by atoms with van der Waals surface area (Å²) in [4.78, 5) is 40.9. The molecule has 4 radical (unpaired) electrons. The highest BCUT2D eigenvalue weighted by Crippen LogP contribution is 1.99. The molecule has 0 bridgehead atoms. The molecule has 1 atom stereocenters. The number of hydrogen-bond donors (Lipinski definition) is 4. The van der Waals surface area contributed by atoms with E-state index in [2.05, 4.69) is 5.32 Å². The number of nitrogens with two attached hydrogens (primary N) is 1. The van der Waals surface area contributed by atoms with E-state index in [0.717, 1.165) is 0 Å². The van der Waals surface area contributed by atoms with E-state index >= 15 is 0 Å². The molecule has 1 amide bonds. The second kappa shape index (κ2) is 13.4. The molecule has 5 N–H and O–H groups in total. The van der Waals surface area contributed by atoms with Gasteiger partial charge >= 0.3 is 11.9 Å². The third-order valence-corrected chi connectivity index (χ3v) is 4.63. The Morgan fingerprint density at radius 2 is 1.31 bits per heavy atom. The number of hydrogen-bond acceptors (Lipinski definition) is 8. The zero-order valence-corrected chi connectivity index (χ0v) is 16.7. The monoisotopic (exact) mass is 412 g/mol. The SMILES string of the molecule is [CH]N1CCN([CH])CCN(CC(=O)NCC[C@H](N)C(=O)O)CCN(CC(=O)O)CC1. The topological polar surface area (TPSA) is 143 Å². The van der Waals surface area contributed by atoms with Crippen molar-refractivity contribution in [3.8, 4) is 0 Å². The minimum absolute atomic E-state index is 0.0973. The van der Waals surface area contributed by atoms with E-state index in [1.54, 1.807) is 14.7 Å². The van der Waals surface area contributed by atoms with E-state index in [1.807, 2.05) is 4.90 Å². The van der Waals surface area contributed by atoms with Gasteiger partial charge in [-0.2, -0.15) is 0 Å². The molecule has 1 heterocycles. The first-order chi connectivity index (χ1) is 13.7. The van der Waals surface area contributed by atoms with Crippen LogP contribution in [0.1, 0.15) is 6.42 Å². The Morgan fingerprint density at radius 1 is 0.862 bits per heavy atom. The second-order valence-electron chi connectivity index (χ2n) is 7.10. The maximum atomic E-state index is 12.2. The number of aliphatic carboxylic acids is 2. The number of nitrogens with one attached hydrogen (secondary N) is 1. The molecule has 0 aliphatic carbocycles. The zero-order valence-electron chi connectivity index (χ0n) is 16.7. The number of rotatable bonds is 8. The Balaban J connectivity index is 2.60. The molecule has 0 aromatic carbocycles. The Kier molecular flexibility index (Phi) is 11.7. The molecule has 11 nitrogen and oxygen atoms in total. The van der Waals surface area contributed by atoms with Crippen LogP contribution in [0.15, 0.2) is 0 Å². The van der Waals surface area contributed by atoms with Gasteiger partial charge in [0.25, 0.3) is 0 Å². The van der Waals surface area contributed by atoms with Crippen molar-refractivity contribution < 1.29 is 24.6 Å². The van der Waals surface area contributed by atoms with Crippen LogP contribution >= 0.6 is 0 Å². The molecule has 0 saturated carbocycles. The molecule has 11 heteroatoms. The zero-order chi connectivity index (χ0) is 21.8. The van der Waals surface area contributed by atoms with Gasteiger partial charge in [0.1, 0.15) is 6.04 Å². The van der Waals surface area contributed by atoms with E-state index in [1.165, 1.54) is 0 Å². The van der Waals surface area contributed by atoms with Gasteiger partial charge < -0.3 is 21.3 Å². The lowest BCUT2D eigenvalue weighted by Gasteiger charge is -2.31. The molecule has 1 rings (SSSR count). The van der Waals surface area contributed by atoms with E-state index in [9.17, 15) is 14.4 Å². The standard InChI is InChI=1S/C18H32N6O5/c1-21-5-6-22(2)8-10-24(14-17(26)27)12-11-23(9-7-21)13-16(25)20-4-3-15(19)18(28)29/h1-2,15H,3-14,19H2,(H,20,25)(H,26,27)(H,28,29)/t15-/m0/s1. The third-order valence-electron chi connectivity index (χ3n) is 4.63. The fourth-order valence-corrected chi connectivity index (χ4v) is 2.78.